The number of nitrogens with one attached hydrogen (secondary N) is 1. The number of rotatable bonds is 7. The Hall–Kier alpha value is -1.41. The second-order valence-corrected chi connectivity index (χ2v) is 5.26. The van der Waals surface area contributed by atoms with Crippen molar-refractivity contribution in [2.45, 2.75) is 18.6 Å². The van der Waals surface area contributed by atoms with Crippen LogP contribution in [0.15, 0.2) is 24.3 Å². The maximum atomic E-state index is 12.2. The van der Waals surface area contributed by atoms with E-state index in [9.17, 15) is 18.0 Å². The van der Waals surface area contributed by atoms with E-state index >= 15 is 0 Å². The number of hydrogen-bond acceptors (Lipinski definition) is 4. The average Bonchev–Trinajstić information content (AvgIpc) is 2.42. The molecule has 0 heterocycles. The largest absolute Gasteiger partial charge is 0.482 e. The number of halogens is 3. The van der Waals surface area contributed by atoms with Crippen LogP contribution in [0.4, 0.5) is 18.9 Å². The molecule has 0 spiro atoms. The first-order chi connectivity index (χ1) is 9.83. The van der Waals surface area contributed by atoms with Gasteiger partial charge in [0.1, 0.15) is 5.75 Å². The highest BCUT2D eigenvalue weighted by atomic mass is 32.2. The predicted octanol–water partition coefficient (Wildman–Crippen LogP) is 2.65. The summed E-state index contributed by atoms with van der Waals surface area (Å²) in [6.07, 6.45) is -2.06. The van der Waals surface area contributed by atoms with Crippen molar-refractivity contribution in [3.05, 3.63) is 24.3 Å². The first-order valence-corrected chi connectivity index (χ1v) is 7.57. The van der Waals surface area contributed by atoms with E-state index in [1.807, 2.05) is 6.26 Å². The molecular formula is C13H17F3N2O2S. The van der Waals surface area contributed by atoms with Crippen LogP contribution in [0.2, 0.25) is 0 Å². The third kappa shape index (κ3) is 6.72. The molecule has 0 fully saturated rings. The van der Waals surface area contributed by atoms with E-state index in [1.165, 1.54) is 18.2 Å². The van der Waals surface area contributed by atoms with Gasteiger partial charge in [0, 0.05) is 0 Å². The van der Waals surface area contributed by atoms with Gasteiger partial charge in [0.15, 0.2) is 6.61 Å². The molecule has 0 saturated heterocycles. The van der Waals surface area contributed by atoms with Crippen LogP contribution >= 0.6 is 11.8 Å². The Labute approximate surface area is 125 Å². The average molecular weight is 322 g/mol. The number of thioether (sulfide) groups is 1. The monoisotopic (exact) mass is 322 g/mol. The van der Waals surface area contributed by atoms with Gasteiger partial charge >= 0.3 is 6.18 Å². The van der Waals surface area contributed by atoms with E-state index in [2.05, 4.69) is 10.1 Å². The number of benzene rings is 1. The number of carbonyl (C=O) groups excluding carboxylic acids is 1. The Morgan fingerprint density at radius 1 is 1.43 bits per heavy atom. The fraction of sp³-hybridized carbons (Fsp3) is 0.462. The molecule has 1 rings (SSSR count). The summed E-state index contributed by atoms with van der Waals surface area (Å²) in [4.78, 5) is 11.8. The fourth-order valence-corrected chi connectivity index (χ4v) is 1.95. The lowest BCUT2D eigenvalue weighted by atomic mass is 10.2. The SMILES string of the molecule is CSCC[C@@H](N)C(=O)Nc1ccccc1OCC(F)(F)F. The number of amides is 1. The second-order valence-electron chi connectivity index (χ2n) is 4.28. The van der Waals surface area contributed by atoms with Crippen LogP contribution in [0.3, 0.4) is 0 Å². The van der Waals surface area contributed by atoms with Crippen molar-refractivity contribution in [3.63, 3.8) is 0 Å². The molecule has 118 valence electrons. The van der Waals surface area contributed by atoms with Crippen LogP contribution in [-0.2, 0) is 4.79 Å². The van der Waals surface area contributed by atoms with Gasteiger partial charge in [-0.25, -0.2) is 0 Å². The van der Waals surface area contributed by atoms with Gasteiger partial charge in [-0.15, -0.1) is 0 Å². The van der Waals surface area contributed by atoms with Crippen molar-refractivity contribution in [1.29, 1.82) is 0 Å². The van der Waals surface area contributed by atoms with Crippen molar-refractivity contribution in [3.8, 4) is 5.75 Å². The van der Waals surface area contributed by atoms with Crippen LogP contribution < -0.4 is 15.8 Å². The molecule has 0 aliphatic heterocycles. The molecule has 1 aromatic rings. The van der Waals surface area contributed by atoms with Gasteiger partial charge in [0.2, 0.25) is 5.91 Å². The number of alkyl halides is 3. The molecule has 0 bridgehead atoms. The lowest BCUT2D eigenvalue weighted by Gasteiger charge is -2.16. The number of hydrogen-bond donors (Lipinski definition) is 2. The Balaban J connectivity index is 2.68. The molecule has 4 nitrogen and oxygen atoms in total. The molecular weight excluding hydrogens is 305 g/mol. The minimum absolute atomic E-state index is 0.0414. The standard InChI is InChI=1S/C13H17F3N2O2S/c1-21-7-6-9(17)12(19)18-10-4-2-3-5-11(10)20-8-13(14,15)16/h2-5,9H,6-8,17H2,1H3,(H,18,19)/t9-/m1/s1. The Morgan fingerprint density at radius 3 is 2.71 bits per heavy atom. The van der Waals surface area contributed by atoms with Gasteiger partial charge in [0.25, 0.3) is 0 Å². The summed E-state index contributed by atoms with van der Waals surface area (Å²) in [6, 6.07) is 5.21. The number of ether oxygens (including phenoxy) is 1. The van der Waals surface area contributed by atoms with Gasteiger partial charge < -0.3 is 15.8 Å². The van der Waals surface area contributed by atoms with Crippen molar-refractivity contribution in [2.75, 3.05) is 23.9 Å². The smallest absolute Gasteiger partial charge is 0.422 e. The van der Waals surface area contributed by atoms with Crippen molar-refractivity contribution in [2.24, 2.45) is 5.73 Å². The molecule has 8 heteroatoms. The number of nitrogens with two attached hydrogens (primary N) is 1. The summed E-state index contributed by atoms with van der Waals surface area (Å²) < 4.78 is 41.2. The predicted molar refractivity (Wildman–Crippen MR) is 77.6 cm³/mol. The molecule has 0 unspecified atom stereocenters. The summed E-state index contributed by atoms with van der Waals surface area (Å²) in [5, 5.41) is 2.49. The third-order valence-corrected chi connectivity index (χ3v) is 3.15. The lowest BCUT2D eigenvalue weighted by molar-refractivity contribution is -0.153. The van der Waals surface area contributed by atoms with E-state index in [1.54, 1.807) is 17.8 Å². The van der Waals surface area contributed by atoms with Crippen LogP contribution in [-0.4, -0.2) is 36.7 Å². The quantitative estimate of drug-likeness (QED) is 0.810. The van der Waals surface area contributed by atoms with Crippen LogP contribution in [0, 0.1) is 0 Å². The molecule has 0 saturated carbocycles. The molecule has 0 radical (unpaired) electrons. The van der Waals surface area contributed by atoms with Crippen molar-refractivity contribution >= 4 is 23.4 Å². The summed E-state index contributed by atoms with van der Waals surface area (Å²) in [5.74, 6) is 0.230. The Morgan fingerprint density at radius 2 is 2.10 bits per heavy atom. The normalized spacial score (nSPS) is 12.8. The van der Waals surface area contributed by atoms with Gasteiger partial charge in [-0.1, -0.05) is 12.1 Å². The third-order valence-electron chi connectivity index (χ3n) is 2.51. The highest BCUT2D eigenvalue weighted by Crippen LogP contribution is 2.26. The number of para-hydroxylation sites is 2. The molecule has 3 N–H and O–H groups in total. The van der Waals surface area contributed by atoms with Crippen LogP contribution in [0.1, 0.15) is 6.42 Å². The zero-order chi connectivity index (χ0) is 15.9. The van der Waals surface area contributed by atoms with Crippen LogP contribution in [0.25, 0.3) is 0 Å². The lowest BCUT2D eigenvalue weighted by Crippen LogP contribution is -2.36. The maximum Gasteiger partial charge on any atom is 0.422 e. The van der Waals surface area contributed by atoms with E-state index < -0.39 is 24.7 Å². The van der Waals surface area contributed by atoms with Gasteiger partial charge in [-0.2, -0.15) is 24.9 Å². The molecule has 0 aliphatic rings. The molecule has 1 atom stereocenters. The first-order valence-electron chi connectivity index (χ1n) is 6.17. The Kier molecular flexibility index (Phi) is 6.83. The zero-order valence-corrected chi connectivity index (χ0v) is 12.3. The highest BCUT2D eigenvalue weighted by molar-refractivity contribution is 7.98. The van der Waals surface area contributed by atoms with Crippen molar-refractivity contribution < 1.29 is 22.7 Å². The molecule has 1 amide bonds. The minimum Gasteiger partial charge on any atom is -0.482 e. The summed E-state index contributed by atoms with van der Waals surface area (Å²) in [5.41, 5.74) is 5.87. The van der Waals surface area contributed by atoms with E-state index in [0.29, 0.717) is 6.42 Å². The second kappa shape index (κ2) is 8.14. The highest BCUT2D eigenvalue weighted by Gasteiger charge is 2.29. The molecule has 1 aromatic carbocycles. The van der Waals surface area contributed by atoms with Gasteiger partial charge in [0.05, 0.1) is 11.7 Å². The number of anilines is 1. The fourth-order valence-electron chi connectivity index (χ4n) is 1.46. The van der Waals surface area contributed by atoms with E-state index in [-0.39, 0.29) is 11.4 Å². The first kappa shape index (κ1) is 17.6. The molecule has 0 aromatic heterocycles. The van der Waals surface area contributed by atoms with Gasteiger partial charge in [-0.05, 0) is 30.6 Å². The van der Waals surface area contributed by atoms with Crippen LogP contribution in [0.5, 0.6) is 5.75 Å². The summed E-state index contributed by atoms with van der Waals surface area (Å²) >= 11 is 1.56. The summed E-state index contributed by atoms with van der Waals surface area (Å²) in [6.45, 7) is -1.42. The Bertz CT molecular complexity index is 469. The maximum absolute atomic E-state index is 12.2. The van der Waals surface area contributed by atoms with E-state index in [0.717, 1.165) is 5.75 Å². The minimum atomic E-state index is -4.44. The zero-order valence-electron chi connectivity index (χ0n) is 11.4. The number of carbonyl (C=O) groups is 1. The molecule has 0 aliphatic carbocycles. The van der Waals surface area contributed by atoms with E-state index in [4.69, 9.17) is 5.73 Å². The van der Waals surface area contributed by atoms with Gasteiger partial charge in [-0.3, -0.25) is 4.79 Å². The topological polar surface area (TPSA) is 64.4 Å². The summed E-state index contributed by atoms with van der Waals surface area (Å²) in [7, 11) is 0. The molecule has 21 heavy (non-hydrogen) atoms. The van der Waals surface area contributed by atoms with Crippen molar-refractivity contribution in [1.82, 2.24) is 0 Å².